The van der Waals surface area contributed by atoms with Gasteiger partial charge in [-0.05, 0) is 62.3 Å². The summed E-state index contributed by atoms with van der Waals surface area (Å²) in [6.07, 6.45) is 7.39. The number of hydrogen-bond acceptors (Lipinski definition) is 4. The van der Waals surface area contributed by atoms with E-state index in [0.29, 0.717) is 24.8 Å². The molecule has 3 fully saturated rings. The number of nitrogens with one attached hydrogen (secondary N) is 1. The molecule has 1 aromatic heterocycles. The zero-order chi connectivity index (χ0) is 17.3. The van der Waals surface area contributed by atoms with E-state index in [2.05, 4.69) is 10.2 Å². The summed E-state index contributed by atoms with van der Waals surface area (Å²) in [6.45, 7) is 1.45. The highest BCUT2D eigenvalue weighted by Gasteiger charge is 2.52. The summed E-state index contributed by atoms with van der Waals surface area (Å²) in [6, 6.07) is 3.99. The summed E-state index contributed by atoms with van der Waals surface area (Å²) in [5.41, 5.74) is 0.0564. The van der Waals surface area contributed by atoms with Crippen LogP contribution in [0.4, 0.5) is 4.79 Å². The Hall–Kier alpha value is -1.56. The predicted octanol–water partition coefficient (Wildman–Crippen LogP) is 3.69. The van der Waals surface area contributed by atoms with Crippen LogP contribution in [0.25, 0.3) is 0 Å². The molecule has 6 heteroatoms. The molecule has 25 heavy (non-hydrogen) atoms. The van der Waals surface area contributed by atoms with E-state index in [9.17, 15) is 9.59 Å². The molecule has 1 aromatic rings. The maximum atomic E-state index is 12.4. The van der Waals surface area contributed by atoms with Gasteiger partial charge in [-0.25, -0.2) is 4.79 Å². The summed E-state index contributed by atoms with van der Waals surface area (Å²) in [7, 11) is 0. The number of nitrogens with zero attached hydrogens (tertiary/aromatic N) is 1. The minimum Gasteiger partial charge on any atom is -0.446 e. The molecule has 2 saturated heterocycles. The Balaban J connectivity index is 1.35. The van der Waals surface area contributed by atoms with Gasteiger partial charge in [0.15, 0.2) is 0 Å². The zero-order valence-electron chi connectivity index (χ0n) is 14.5. The Morgan fingerprint density at radius 2 is 2.28 bits per heavy atom. The van der Waals surface area contributed by atoms with Crippen molar-refractivity contribution in [1.82, 2.24) is 10.2 Å². The quantitative estimate of drug-likeness (QED) is 0.892. The van der Waals surface area contributed by atoms with Gasteiger partial charge in [0.1, 0.15) is 6.10 Å². The lowest BCUT2D eigenvalue weighted by atomic mass is 9.69. The average Bonchev–Trinajstić information content (AvgIpc) is 3.24. The number of alkyl carbamates (subject to hydrolysis) is 1. The lowest BCUT2D eigenvalue weighted by molar-refractivity contribution is -0.138. The largest absolute Gasteiger partial charge is 0.446 e. The molecule has 3 aliphatic rings. The number of thiophene rings is 1. The number of amides is 2. The summed E-state index contributed by atoms with van der Waals surface area (Å²) in [5, 5.41) is 4.86. The van der Waals surface area contributed by atoms with E-state index in [1.807, 2.05) is 17.5 Å². The van der Waals surface area contributed by atoms with E-state index < -0.39 is 0 Å². The third-order valence-electron chi connectivity index (χ3n) is 6.24. The fourth-order valence-corrected chi connectivity index (χ4v) is 5.77. The molecular formula is C19H26N2O3S. The van der Waals surface area contributed by atoms with E-state index in [1.54, 1.807) is 11.3 Å². The number of ether oxygens (including phenoxy) is 1. The summed E-state index contributed by atoms with van der Waals surface area (Å²) < 4.78 is 5.70. The highest BCUT2D eigenvalue weighted by Crippen LogP contribution is 2.49. The smallest absolute Gasteiger partial charge is 0.407 e. The predicted molar refractivity (Wildman–Crippen MR) is 96.3 cm³/mol. The minimum atomic E-state index is -0.317. The van der Waals surface area contributed by atoms with Crippen molar-refractivity contribution < 1.29 is 14.3 Å². The van der Waals surface area contributed by atoms with Crippen LogP contribution in [-0.4, -0.2) is 35.1 Å². The Labute approximate surface area is 152 Å². The van der Waals surface area contributed by atoms with Crippen molar-refractivity contribution in [2.75, 3.05) is 6.54 Å². The molecule has 3 atom stereocenters. The Bertz CT molecular complexity index is 633. The average molecular weight is 362 g/mol. The fraction of sp³-hybridized carbons (Fsp3) is 0.684. The Morgan fingerprint density at radius 3 is 3.12 bits per heavy atom. The molecule has 0 bridgehead atoms. The SMILES string of the molecule is O=C(NCc1cccs1)O[C@H]1CC[C@@]23CCCN2C(=O)CCC[C@H]3C1. The van der Waals surface area contributed by atoms with Gasteiger partial charge in [-0.1, -0.05) is 6.07 Å². The van der Waals surface area contributed by atoms with Gasteiger partial charge in [0.25, 0.3) is 0 Å². The number of rotatable bonds is 3. The topological polar surface area (TPSA) is 58.6 Å². The van der Waals surface area contributed by atoms with Gasteiger partial charge in [0.05, 0.1) is 6.54 Å². The van der Waals surface area contributed by atoms with Gasteiger partial charge in [-0.2, -0.15) is 0 Å². The van der Waals surface area contributed by atoms with E-state index in [0.717, 1.165) is 56.4 Å². The molecule has 0 radical (unpaired) electrons. The molecule has 4 rings (SSSR count). The molecule has 2 aliphatic heterocycles. The van der Waals surface area contributed by atoms with Gasteiger partial charge in [0.2, 0.25) is 5.91 Å². The molecule has 1 spiro atoms. The van der Waals surface area contributed by atoms with Crippen molar-refractivity contribution in [2.24, 2.45) is 5.92 Å². The normalized spacial score (nSPS) is 31.8. The fourth-order valence-electron chi connectivity index (χ4n) is 5.12. The lowest BCUT2D eigenvalue weighted by Gasteiger charge is -2.48. The molecular weight excluding hydrogens is 336 g/mol. The van der Waals surface area contributed by atoms with Crippen molar-refractivity contribution in [3.8, 4) is 0 Å². The monoisotopic (exact) mass is 362 g/mol. The van der Waals surface area contributed by atoms with Crippen molar-refractivity contribution in [3.63, 3.8) is 0 Å². The Morgan fingerprint density at radius 1 is 1.36 bits per heavy atom. The number of carbonyl (C=O) groups excluding carboxylic acids is 2. The van der Waals surface area contributed by atoms with Crippen molar-refractivity contribution in [1.29, 1.82) is 0 Å². The molecule has 1 saturated carbocycles. The Kier molecular flexibility index (Phi) is 4.71. The lowest BCUT2D eigenvalue weighted by Crippen LogP contribution is -2.54. The van der Waals surface area contributed by atoms with Crippen LogP contribution < -0.4 is 5.32 Å². The van der Waals surface area contributed by atoms with Gasteiger partial charge < -0.3 is 15.0 Å². The second-order valence-corrected chi connectivity index (χ2v) is 8.61. The first-order chi connectivity index (χ1) is 12.2. The van der Waals surface area contributed by atoms with E-state index in [1.165, 1.54) is 0 Å². The molecule has 1 N–H and O–H groups in total. The minimum absolute atomic E-state index is 0.0189. The standard InChI is InChI=1S/C19H26N2O3S/c22-17-6-1-4-14-12-15(7-9-19(14)8-3-10-21(17)19)24-18(23)20-13-16-5-2-11-25-16/h2,5,11,14-15H,1,3-4,6-10,12-13H2,(H,20,23)/t14-,15-,19+/m0/s1. The molecule has 136 valence electrons. The molecule has 5 nitrogen and oxygen atoms in total. The van der Waals surface area contributed by atoms with Crippen LogP contribution in [0.15, 0.2) is 17.5 Å². The van der Waals surface area contributed by atoms with Crippen molar-refractivity contribution >= 4 is 23.3 Å². The second-order valence-electron chi connectivity index (χ2n) is 7.58. The molecule has 0 unspecified atom stereocenters. The van der Waals surface area contributed by atoms with Crippen LogP contribution in [0.2, 0.25) is 0 Å². The first-order valence-corrected chi connectivity index (χ1v) is 10.3. The van der Waals surface area contributed by atoms with Crippen LogP contribution in [0.3, 0.4) is 0 Å². The zero-order valence-corrected chi connectivity index (χ0v) is 15.4. The highest BCUT2D eigenvalue weighted by molar-refractivity contribution is 7.09. The highest BCUT2D eigenvalue weighted by atomic mass is 32.1. The van der Waals surface area contributed by atoms with Crippen LogP contribution in [0.5, 0.6) is 0 Å². The van der Waals surface area contributed by atoms with Crippen LogP contribution >= 0.6 is 11.3 Å². The van der Waals surface area contributed by atoms with Crippen LogP contribution in [-0.2, 0) is 16.1 Å². The van der Waals surface area contributed by atoms with Gasteiger partial charge >= 0.3 is 6.09 Å². The molecule has 1 aliphatic carbocycles. The molecule has 3 heterocycles. The maximum absolute atomic E-state index is 12.4. The van der Waals surface area contributed by atoms with Crippen molar-refractivity contribution in [3.05, 3.63) is 22.4 Å². The summed E-state index contributed by atoms with van der Waals surface area (Å²) in [5.74, 6) is 0.818. The number of carbonyl (C=O) groups is 2. The third kappa shape index (κ3) is 3.28. The summed E-state index contributed by atoms with van der Waals surface area (Å²) >= 11 is 1.63. The molecule has 2 amide bonds. The summed E-state index contributed by atoms with van der Waals surface area (Å²) in [4.78, 5) is 27.9. The van der Waals surface area contributed by atoms with E-state index in [4.69, 9.17) is 4.74 Å². The number of hydrogen-bond donors (Lipinski definition) is 1. The van der Waals surface area contributed by atoms with Gasteiger partial charge in [-0.3, -0.25) is 4.79 Å². The van der Waals surface area contributed by atoms with E-state index in [-0.39, 0.29) is 17.7 Å². The van der Waals surface area contributed by atoms with Gasteiger partial charge in [0, 0.05) is 23.4 Å². The van der Waals surface area contributed by atoms with Crippen LogP contribution in [0.1, 0.15) is 56.2 Å². The first kappa shape index (κ1) is 16.9. The van der Waals surface area contributed by atoms with Crippen LogP contribution in [0, 0.1) is 5.92 Å². The molecule has 0 aromatic carbocycles. The van der Waals surface area contributed by atoms with E-state index >= 15 is 0 Å². The first-order valence-electron chi connectivity index (χ1n) is 9.45. The maximum Gasteiger partial charge on any atom is 0.407 e. The van der Waals surface area contributed by atoms with Crippen molar-refractivity contribution in [2.45, 2.75) is 69.6 Å². The third-order valence-corrected chi connectivity index (χ3v) is 7.12. The van der Waals surface area contributed by atoms with Gasteiger partial charge in [-0.15, -0.1) is 11.3 Å². The second kappa shape index (κ2) is 6.98.